The van der Waals surface area contributed by atoms with E-state index in [1.54, 1.807) is 19.6 Å². The second-order valence-corrected chi connectivity index (χ2v) is 3.99. The zero-order chi connectivity index (χ0) is 13.1. The number of imidazole rings is 1. The number of hydrogen-bond acceptors (Lipinski definition) is 3. The van der Waals surface area contributed by atoms with E-state index in [1.165, 1.54) is 7.11 Å². The molecule has 94 valence electrons. The van der Waals surface area contributed by atoms with Crippen LogP contribution in [-0.2, 0) is 4.84 Å². The van der Waals surface area contributed by atoms with Crippen molar-refractivity contribution in [1.29, 1.82) is 0 Å². The number of carbonyl (C=O) groups excluding carboxylic acids is 1. The van der Waals surface area contributed by atoms with Crippen LogP contribution in [0.2, 0.25) is 0 Å². The Morgan fingerprint density at radius 3 is 2.89 bits per heavy atom. The number of amides is 1. The number of aromatic nitrogens is 2. The highest BCUT2D eigenvalue weighted by atomic mass is 16.7. The van der Waals surface area contributed by atoms with Crippen molar-refractivity contribution in [3.63, 3.8) is 0 Å². The first-order chi connectivity index (χ1) is 8.61. The molecule has 1 aromatic carbocycles. The Balaban J connectivity index is 2.28. The third-order valence-corrected chi connectivity index (χ3v) is 2.66. The second kappa shape index (κ2) is 5.01. The molecule has 0 saturated heterocycles. The number of benzene rings is 1. The predicted molar refractivity (Wildman–Crippen MR) is 67.4 cm³/mol. The first-order valence-corrected chi connectivity index (χ1v) is 5.55. The number of nitrogens with zero attached hydrogens (tertiary/aromatic N) is 3. The summed E-state index contributed by atoms with van der Waals surface area (Å²) in [6.45, 7) is 2.02. The van der Waals surface area contributed by atoms with Gasteiger partial charge in [0.05, 0.1) is 7.11 Å². The Labute approximate surface area is 106 Å². The Bertz CT molecular complexity index is 563. The minimum atomic E-state index is -0.274. The van der Waals surface area contributed by atoms with Crippen LogP contribution in [0.4, 0.5) is 0 Å². The first kappa shape index (κ1) is 12.3. The quantitative estimate of drug-likeness (QED) is 0.775. The van der Waals surface area contributed by atoms with Crippen molar-refractivity contribution in [3.05, 3.63) is 48.0 Å². The van der Waals surface area contributed by atoms with Gasteiger partial charge in [-0.05, 0) is 24.6 Å². The lowest BCUT2D eigenvalue weighted by atomic mass is 10.2. The molecule has 0 saturated carbocycles. The normalized spacial score (nSPS) is 10.4. The summed E-state index contributed by atoms with van der Waals surface area (Å²) in [6, 6.07) is 7.97. The van der Waals surface area contributed by atoms with Crippen molar-refractivity contribution in [2.45, 2.75) is 6.92 Å². The van der Waals surface area contributed by atoms with E-state index in [-0.39, 0.29) is 5.91 Å². The van der Waals surface area contributed by atoms with Gasteiger partial charge in [-0.15, -0.1) is 0 Å². The fraction of sp³-hybridized carbons (Fsp3) is 0.231. The van der Waals surface area contributed by atoms with E-state index in [2.05, 4.69) is 4.98 Å². The molecule has 2 rings (SSSR count). The van der Waals surface area contributed by atoms with Crippen molar-refractivity contribution in [1.82, 2.24) is 14.6 Å². The van der Waals surface area contributed by atoms with Crippen LogP contribution in [0.15, 0.2) is 36.8 Å². The molecular weight excluding hydrogens is 230 g/mol. The molecule has 0 spiro atoms. The van der Waals surface area contributed by atoms with Crippen molar-refractivity contribution in [2.24, 2.45) is 0 Å². The molecule has 0 aliphatic rings. The molecule has 2 aromatic rings. The smallest absolute Gasteiger partial charge is 0.297 e. The third kappa shape index (κ3) is 2.41. The van der Waals surface area contributed by atoms with Crippen molar-refractivity contribution >= 4 is 5.91 Å². The number of hydroxylamine groups is 2. The molecule has 1 aromatic heterocycles. The lowest BCUT2D eigenvalue weighted by Gasteiger charge is -2.11. The lowest BCUT2D eigenvalue weighted by Crippen LogP contribution is -2.25. The molecule has 0 radical (unpaired) electrons. The van der Waals surface area contributed by atoms with Gasteiger partial charge < -0.3 is 4.57 Å². The highest BCUT2D eigenvalue weighted by Gasteiger charge is 2.14. The van der Waals surface area contributed by atoms with Crippen LogP contribution in [0.3, 0.4) is 0 Å². The summed E-state index contributed by atoms with van der Waals surface area (Å²) in [5, 5.41) is 1.14. The summed E-state index contributed by atoms with van der Waals surface area (Å²) >= 11 is 0. The molecule has 1 heterocycles. The van der Waals surface area contributed by atoms with Crippen LogP contribution >= 0.6 is 0 Å². The highest BCUT2D eigenvalue weighted by Crippen LogP contribution is 2.11. The number of hydrogen-bond donors (Lipinski definition) is 0. The van der Waals surface area contributed by atoms with Crippen LogP contribution in [0, 0.1) is 6.92 Å². The second-order valence-electron chi connectivity index (χ2n) is 3.99. The summed E-state index contributed by atoms with van der Waals surface area (Å²) in [5.74, 6) is -0.274. The maximum absolute atomic E-state index is 11.8. The fourth-order valence-corrected chi connectivity index (χ4v) is 1.61. The van der Waals surface area contributed by atoms with E-state index in [1.807, 2.05) is 35.8 Å². The average Bonchev–Trinajstić information content (AvgIpc) is 2.86. The zero-order valence-electron chi connectivity index (χ0n) is 10.6. The van der Waals surface area contributed by atoms with E-state index in [9.17, 15) is 4.79 Å². The van der Waals surface area contributed by atoms with Crippen LogP contribution < -0.4 is 0 Å². The monoisotopic (exact) mass is 245 g/mol. The summed E-state index contributed by atoms with van der Waals surface area (Å²) < 4.78 is 1.81. The Morgan fingerprint density at radius 1 is 1.44 bits per heavy atom. The molecule has 0 unspecified atom stereocenters. The Kier molecular flexibility index (Phi) is 3.43. The summed E-state index contributed by atoms with van der Waals surface area (Å²) in [7, 11) is 2.99. The number of carbonyl (C=O) groups is 1. The number of rotatable bonds is 3. The largest absolute Gasteiger partial charge is 0.305 e. The van der Waals surface area contributed by atoms with Crippen LogP contribution in [0.25, 0.3) is 5.69 Å². The SMILES string of the molecule is CON(C)C(=O)c1cn(-c2cccc(C)c2)cn1. The van der Waals surface area contributed by atoms with Crippen molar-refractivity contribution in [2.75, 3.05) is 14.2 Å². The molecule has 0 bridgehead atoms. The predicted octanol–water partition coefficient (Wildman–Crippen LogP) is 1.81. The van der Waals surface area contributed by atoms with Gasteiger partial charge in [0.1, 0.15) is 12.0 Å². The molecule has 0 aliphatic heterocycles. The van der Waals surface area contributed by atoms with Crippen molar-refractivity contribution < 1.29 is 9.63 Å². The third-order valence-electron chi connectivity index (χ3n) is 2.66. The molecule has 5 heteroatoms. The van der Waals surface area contributed by atoms with Crippen LogP contribution in [-0.4, -0.2) is 34.7 Å². The lowest BCUT2D eigenvalue weighted by molar-refractivity contribution is -0.0760. The minimum absolute atomic E-state index is 0.274. The zero-order valence-corrected chi connectivity index (χ0v) is 10.6. The highest BCUT2D eigenvalue weighted by molar-refractivity contribution is 5.91. The Morgan fingerprint density at radius 2 is 2.22 bits per heavy atom. The molecule has 0 fully saturated rings. The standard InChI is InChI=1S/C13H15N3O2/c1-10-5-4-6-11(7-10)16-8-12(14-9-16)13(17)15(2)18-3/h4-9H,1-3H3. The number of aryl methyl sites for hydroxylation is 1. The summed E-state index contributed by atoms with van der Waals surface area (Å²) in [6.07, 6.45) is 3.30. The van der Waals surface area contributed by atoms with Gasteiger partial charge in [0, 0.05) is 18.9 Å². The fourth-order valence-electron chi connectivity index (χ4n) is 1.61. The van der Waals surface area contributed by atoms with Gasteiger partial charge >= 0.3 is 0 Å². The molecular formula is C13H15N3O2. The molecule has 5 nitrogen and oxygen atoms in total. The van der Waals surface area contributed by atoms with E-state index in [0.29, 0.717) is 5.69 Å². The minimum Gasteiger partial charge on any atom is -0.305 e. The van der Waals surface area contributed by atoms with E-state index >= 15 is 0 Å². The van der Waals surface area contributed by atoms with E-state index < -0.39 is 0 Å². The van der Waals surface area contributed by atoms with Gasteiger partial charge in [-0.25, -0.2) is 10.0 Å². The van der Waals surface area contributed by atoms with Gasteiger partial charge in [0.2, 0.25) is 0 Å². The van der Waals surface area contributed by atoms with Gasteiger partial charge in [0.25, 0.3) is 5.91 Å². The topological polar surface area (TPSA) is 47.4 Å². The molecule has 0 N–H and O–H groups in total. The van der Waals surface area contributed by atoms with Gasteiger partial charge in [0.15, 0.2) is 0 Å². The first-order valence-electron chi connectivity index (χ1n) is 5.55. The van der Waals surface area contributed by atoms with Crippen LogP contribution in [0.5, 0.6) is 0 Å². The molecule has 0 aliphatic carbocycles. The van der Waals surface area contributed by atoms with E-state index in [0.717, 1.165) is 16.3 Å². The summed E-state index contributed by atoms with van der Waals surface area (Å²) in [5.41, 5.74) is 2.48. The van der Waals surface area contributed by atoms with Crippen LogP contribution in [0.1, 0.15) is 16.1 Å². The summed E-state index contributed by atoms with van der Waals surface area (Å²) in [4.78, 5) is 20.7. The molecule has 0 atom stereocenters. The van der Waals surface area contributed by atoms with Gasteiger partial charge in [-0.2, -0.15) is 0 Å². The van der Waals surface area contributed by atoms with Gasteiger partial charge in [-0.1, -0.05) is 12.1 Å². The maximum atomic E-state index is 11.8. The van der Waals surface area contributed by atoms with Crippen molar-refractivity contribution in [3.8, 4) is 5.69 Å². The Hall–Kier alpha value is -2.14. The molecule has 1 amide bonds. The van der Waals surface area contributed by atoms with E-state index in [4.69, 9.17) is 4.84 Å². The average molecular weight is 245 g/mol. The maximum Gasteiger partial charge on any atom is 0.297 e. The molecule has 18 heavy (non-hydrogen) atoms. The van der Waals surface area contributed by atoms with Gasteiger partial charge in [-0.3, -0.25) is 9.63 Å².